The molecule has 2 aliphatic heterocycles. The smallest absolute Gasteiger partial charge is 0.278 e. The minimum Gasteiger partial charge on any atom is -0.329 e. The molecule has 3 aromatic rings. The fraction of sp³-hybridized carbons (Fsp3) is 0.552. The number of benzene rings is 1. The molecule has 0 spiro atoms. The van der Waals surface area contributed by atoms with Crippen LogP contribution in [-0.4, -0.2) is 37.1 Å². The Hall–Kier alpha value is -2.73. The average molecular weight is 469 g/mol. The monoisotopic (exact) mass is 468 g/mol. The molecule has 7 atom stereocenters. The second-order valence-electron chi connectivity index (χ2n) is 12.1. The van der Waals surface area contributed by atoms with Crippen LogP contribution in [0.15, 0.2) is 52.2 Å². The molecule has 6 nitrogen and oxygen atoms in total. The molecule has 9 rings (SSSR count). The van der Waals surface area contributed by atoms with Gasteiger partial charge in [-0.05, 0) is 99.8 Å². The maximum atomic E-state index is 14.0. The van der Waals surface area contributed by atoms with E-state index < -0.39 is 0 Å². The predicted molar refractivity (Wildman–Crippen MR) is 135 cm³/mol. The van der Waals surface area contributed by atoms with Gasteiger partial charge in [-0.1, -0.05) is 12.1 Å². The lowest BCUT2D eigenvalue weighted by Gasteiger charge is -2.52. The standard InChI is InChI=1S/C29H32N4O2/c34-27-23(4-3-9-30-27)26-28(35)32(25-6-2-1-5-24(25)31-26)22-13-20-7-8-21(14-22)33(20)29-15-17-10-18(16-29)12-19(29)11-17/h1-6,9,17-22H,7-8,10-16H2,(H,30,34)/t17-,18+,19?,20-,21+,22+,29+. The number of aromatic nitrogens is 3. The number of nitrogens with one attached hydrogen (secondary N) is 1. The van der Waals surface area contributed by atoms with Gasteiger partial charge < -0.3 is 9.55 Å². The quantitative estimate of drug-likeness (QED) is 0.615. The van der Waals surface area contributed by atoms with E-state index in [0.717, 1.165) is 41.6 Å². The van der Waals surface area contributed by atoms with Crippen molar-refractivity contribution in [1.82, 2.24) is 19.4 Å². The van der Waals surface area contributed by atoms with Crippen LogP contribution in [0.1, 0.15) is 63.8 Å². The largest absolute Gasteiger partial charge is 0.329 e. The van der Waals surface area contributed by atoms with Gasteiger partial charge in [-0.2, -0.15) is 0 Å². The summed E-state index contributed by atoms with van der Waals surface area (Å²) in [6, 6.07) is 12.7. The Kier molecular flexibility index (Phi) is 4.18. The molecule has 6 heteroatoms. The summed E-state index contributed by atoms with van der Waals surface area (Å²) in [5.41, 5.74) is 2.37. The van der Waals surface area contributed by atoms with Gasteiger partial charge in [-0.15, -0.1) is 0 Å². The Morgan fingerprint density at radius 2 is 1.60 bits per heavy atom. The first kappa shape index (κ1) is 20.5. The first-order valence-corrected chi connectivity index (χ1v) is 13.6. The van der Waals surface area contributed by atoms with E-state index in [-0.39, 0.29) is 22.9 Å². The minimum absolute atomic E-state index is 0.128. The lowest BCUT2D eigenvalue weighted by Crippen LogP contribution is -2.58. The van der Waals surface area contributed by atoms with Gasteiger partial charge in [0.05, 0.1) is 16.6 Å². The van der Waals surface area contributed by atoms with Crippen molar-refractivity contribution in [3.8, 4) is 11.3 Å². The van der Waals surface area contributed by atoms with Gasteiger partial charge in [0.25, 0.3) is 11.1 Å². The summed E-state index contributed by atoms with van der Waals surface area (Å²) < 4.78 is 2.00. The third kappa shape index (κ3) is 2.77. The number of rotatable bonds is 3. The molecule has 2 saturated heterocycles. The summed E-state index contributed by atoms with van der Waals surface area (Å²) in [7, 11) is 0. The van der Waals surface area contributed by atoms with E-state index in [1.165, 1.54) is 44.9 Å². The maximum Gasteiger partial charge on any atom is 0.278 e. The van der Waals surface area contributed by atoms with Gasteiger partial charge in [0.15, 0.2) is 0 Å². The van der Waals surface area contributed by atoms with Crippen LogP contribution in [0.4, 0.5) is 0 Å². The van der Waals surface area contributed by atoms with Crippen molar-refractivity contribution in [2.45, 2.75) is 81.5 Å². The molecule has 4 aliphatic carbocycles. The van der Waals surface area contributed by atoms with Crippen LogP contribution < -0.4 is 11.1 Å². The van der Waals surface area contributed by atoms with Gasteiger partial charge in [0.1, 0.15) is 5.69 Å². The summed E-state index contributed by atoms with van der Waals surface area (Å²) in [6.45, 7) is 0. The van der Waals surface area contributed by atoms with Gasteiger partial charge in [0.2, 0.25) is 0 Å². The van der Waals surface area contributed by atoms with Gasteiger partial charge in [-0.25, -0.2) is 4.98 Å². The number of aromatic amines is 1. The van der Waals surface area contributed by atoms with Crippen molar-refractivity contribution in [3.05, 3.63) is 63.3 Å². The van der Waals surface area contributed by atoms with Gasteiger partial charge >= 0.3 is 0 Å². The van der Waals surface area contributed by atoms with Crippen LogP contribution in [0.3, 0.4) is 0 Å². The third-order valence-electron chi connectivity index (χ3n) is 10.4. The molecular weight excluding hydrogens is 436 g/mol. The molecule has 4 saturated carbocycles. The molecule has 0 radical (unpaired) electrons. The van der Waals surface area contributed by atoms with Crippen molar-refractivity contribution in [2.75, 3.05) is 0 Å². The number of para-hydroxylation sites is 2. The van der Waals surface area contributed by atoms with Crippen LogP contribution in [0.25, 0.3) is 22.3 Å². The predicted octanol–water partition coefficient (Wildman–Crippen LogP) is 4.50. The van der Waals surface area contributed by atoms with Crippen molar-refractivity contribution in [2.24, 2.45) is 17.8 Å². The highest BCUT2D eigenvalue weighted by Crippen LogP contribution is 2.65. The second kappa shape index (κ2) is 7.16. The number of hydrogen-bond acceptors (Lipinski definition) is 4. The van der Waals surface area contributed by atoms with E-state index in [4.69, 9.17) is 0 Å². The van der Waals surface area contributed by atoms with Crippen LogP contribution in [-0.2, 0) is 0 Å². The highest BCUT2D eigenvalue weighted by Gasteiger charge is 2.64. The number of H-pyrrole nitrogens is 1. The van der Waals surface area contributed by atoms with E-state index in [2.05, 4.69) is 14.9 Å². The van der Waals surface area contributed by atoms with Crippen molar-refractivity contribution in [3.63, 3.8) is 0 Å². The Labute approximate surface area is 204 Å². The Bertz CT molecular complexity index is 1430. The summed E-state index contributed by atoms with van der Waals surface area (Å²) in [5.74, 6) is 2.83. The molecule has 0 amide bonds. The zero-order valence-electron chi connectivity index (χ0n) is 20.0. The van der Waals surface area contributed by atoms with E-state index in [1.807, 2.05) is 28.8 Å². The molecule has 180 valence electrons. The molecular formula is C29H32N4O2. The third-order valence-corrected chi connectivity index (χ3v) is 10.4. The molecule has 35 heavy (non-hydrogen) atoms. The van der Waals surface area contributed by atoms with Crippen molar-refractivity contribution >= 4 is 11.0 Å². The molecule has 1 aromatic carbocycles. The van der Waals surface area contributed by atoms with E-state index >= 15 is 0 Å². The summed E-state index contributed by atoms with van der Waals surface area (Å²) in [6.07, 6.45) is 13.4. The molecule has 4 heterocycles. The fourth-order valence-electron chi connectivity index (χ4n) is 9.56. The van der Waals surface area contributed by atoms with Crippen molar-refractivity contribution < 1.29 is 0 Å². The fourth-order valence-corrected chi connectivity index (χ4v) is 9.56. The Balaban J connectivity index is 1.22. The highest BCUT2D eigenvalue weighted by atomic mass is 16.1. The molecule has 6 bridgehead atoms. The molecule has 6 aliphatic rings. The zero-order chi connectivity index (χ0) is 23.3. The first-order valence-electron chi connectivity index (χ1n) is 13.6. The zero-order valence-corrected chi connectivity index (χ0v) is 20.0. The number of nitrogens with zero attached hydrogens (tertiary/aromatic N) is 3. The SMILES string of the molecule is O=c1[nH]cccc1-c1nc2ccccc2n([C@H]2C[C@H]3CC[C@@H](C2)N3[C@@]23C[C@@H]4CC2C[C@@H](C4)C3)c1=O. The number of piperidine rings is 1. The minimum atomic E-state index is -0.264. The van der Waals surface area contributed by atoms with Crippen LogP contribution in [0, 0.1) is 17.8 Å². The maximum absolute atomic E-state index is 14.0. The first-order chi connectivity index (χ1) is 17.1. The van der Waals surface area contributed by atoms with Crippen molar-refractivity contribution in [1.29, 1.82) is 0 Å². The summed E-state index contributed by atoms with van der Waals surface area (Å²) >= 11 is 0. The number of pyridine rings is 1. The van der Waals surface area contributed by atoms with Gasteiger partial charge in [-0.3, -0.25) is 14.5 Å². The summed E-state index contributed by atoms with van der Waals surface area (Å²) in [5, 5.41) is 0. The Morgan fingerprint density at radius 3 is 2.34 bits per heavy atom. The average Bonchev–Trinajstić information content (AvgIpc) is 3.38. The van der Waals surface area contributed by atoms with Crippen LogP contribution in [0.2, 0.25) is 0 Å². The lowest BCUT2D eigenvalue weighted by molar-refractivity contribution is -0.0244. The molecule has 6 fully saturated rings. The Morgan fingerprint density at radius 1 is 0.857 bits per heavy atom. The molecule has 2 aromatic heterocycles. The van der Waals surface area contributed by atoms with E-state index in [0.29, 0.717) is 23.2 Å². The number of hydrogen-bond donors (Lipinski definition) is 1. The van der Waals surface area contributed by atoms with E-state index in [1.54, 1.807) is 18.3 Å². The normalized spacial score (nSPS) is 37.5. The highest BCUT2D eigenvalue weighted by molar-refractivity contribution is 5.77. The summed E-state index contributed by atoms with van der Waals surface area (Å²) in [4.78, 5) is 37.0. The van der Waals surface area contributed by atoms with Gasteiger partial charge in [0, 0.05) is 29.9 Å². The van der Waals surface area contributed by atoms with E-state index in [9.17, 15) is 9.59 Å². The van der Waals surface area contributed by atoms with Crippen LogP contribution in [0.5, 0.6) is 0 Å². The lowest BCUT2D eigenvalue weighted by atomic mass is 9.78. The second-order valence-corrected chi connectivity index (χ2v) is 12.1. The topological polar surface area (TPSA) is 71.0 Å². The van der Waals surface area contributed by atoms with Crippen LogP contribution >= 0.6 is 0 Å². The number of fused-ring (bicyclic) bond motifs is 3. The molecule has 1 N–H and O–H groups in total. The molecule has 1 unspecified atom stereocenters.